The van der Waals surface area contributed by atoms with Gasteiger partial charge in [0.05, 0.1) is 11.1 Å². The van der Waals surface area contributed by atoms with E-state index in [2.05, 4.69) is 35.0 Å². The van der Waals surface area contributed by atoms with Crippen LogP contribution in [-0.2, 0) is 20.3 Å². The van der Waals surface area contributed by atoms with Gasteiger partial charge < -0.3 is 9.47 Å². The number of nitrogens with zero attached hydrogens (tertiary/aromatic N) is 3. The van der Waals surface area contributed by atoms with Crippen LogP contribution in [0.2, 0.25) is 0 Å². The van der Waals surface area contributed by atoms with E-state index in [-0.39, 0.29) is 0 Å². The Morgan fingerprint density at radius 1 is 0.824 bits per heavy atom. The number of pyridine rings is 1. The SMILES string of the molecule is Cc1cc2c(-c3ccc(OCc4ccccc4)nc3OCc3ccccc3)nn(C)c2cc1Br. The monoisotopic (exact) mass is 513 g/mol. The number of rotatable bonds is 7. The largest absolute Gasteiger partial charge is 0.473 e. The Balaban J connectivity index is 1.53. The van der Waals surface area contributed by atoms with Gasteiger partial charge in [-0.3, -0.25) is 4.68 Å². The van der Waals surface area contributed by atoms with Crippen LogP contribution in [-0.4, -0.2) is 14.8 Å². The highest BCUT2D eigenvalue weighted by Crippen LogP contribution is 2.36. The molecule has 170 valence electrons. The molecule has 34 heavy (non-hydrogen) atoms. The standard InChI is InChI=1S/C28H24BrN3O2/c1-19-15-23-25(16-24(19)29)32(2)31-27(23)22-13-14-26(33-17-20-9-5-3-6-10-20)30-28(22)34-18-21-11-7-4-8-12-21/h3-16H,17-18H2,1-2H3. The number of aromatic nitrogens is 3. The van der Waals surface area contributed by atoms with E-state index in [0.29, 0.717) is 25.0 Å². The van der Waals surface area contributed by atoms with Crippen molar-refractivity contribution < 1.29 is 9.47 Å². The summed E-state index contributed by atoms with van der Waals surface area (Å²) in [5.41, 5.74) is 5.98. The van der Waals surface area contributed by atoms with Crippen molar-refractivity contribution in [1.82, 2.24) is 14.8 Å². The van der Waals surface area contributed by atoms with Gasteiger partial charge in [-0.05, 0) is 41.8 Å². The van der Waals surface area contributed by atoms with Gasteiger partial charge in [0.25, 0.3) is 0 Å². The number of hydrogen-bond acceptors (Lipinski definition) is 4. The molecule has 0 radical (unpaired) electrons. The number of fused-ring (bicyclic) bond motifs is 1. The average Bonchev–Trinajstić information content (AvgIpc) is 3.18. The average molecular weight is 514 g/mol. The Bertz CT molecular complexity index is 1430. The predicted octanol–water partition coefficient (Wildman–Crippen LogP) is 6.86. The van der Waals surface area contributed by atoms with Gasteiger partial charge in [-0.15, -0.1) is 0 Å². The second-order valence-electron chi connectivity index (χ2n) is 8.14. The Hall–Kier alpha value is -3.64. The highest BCUT2D eigenvalue weighted by Gasteiger charge is 2.18. The third kappa shape index (κ3) is 4.68. The van der Waals surface area contributed by atoms with Crippen LogP contribution in [0.15, 0.2) is 89.4 Å². The van der Waals surface area contributed by atoms with Crippen LogP contribution in [0.5, 0.6) is 11.8 Å². The van der Waals surface area contributed by atoms with E-state index in [1.807, 2.05) is 84.5 Å². The fourth-order valence-corrected chi connectivity index (χ4v) is 4.17. The fourth-order valence-electron chi connectivity index (χ4n) is 3.84. The molecule has 5 aromatic rings. The molecule has 0 N–H and O–H groups in total. The molecule has 6 heteroatoms. The number of ether oxygens (including phenoxy) is 2. The van der Waals surface area contributed by atoms with Crippen molar-refractivity contribution in [2.75, 3.05) is 0 Å². The Kier molecular flexibility index (Phi) is 6.32. The van der Waals surface area contributed by atoms with Crippen molar-refractivity contribution in [3.05, 3.63) is 106 Å². The molecule has 0 saturated heterocycles. The molecule has 0 atom stereocenters. The Morgan fingerprint density at radius 2 is 1.47 bits per heavy atom. The maximum Gasteiger partial charge on any atom is 0.226 e. The molecule has 3 aromatic carbocycles. The van der Waals surface area contributed by atoms with Gasteiger partial charge in [-0.2, -0.15) is 10.1 Å². The summed E-state index contributed by atoms with van der Waals surface area (Å²) in [4.78, 5) is 4.73. The molecule has 0 spiro atoms. The van der Waals surface area contributed by atoms with E-state index < -0.39 is 0 Å². The predicted molar refractivity (Wildman–Crippen MR) is 138 cm³/mol. The molecule has 2 heterocycles. The third-order valence-electron chi connectivity index (χ3n) is 5.67. The number of halogens is 1. The van der Waals surface area contributed by atoms with E-state index in [9.17, 15) is 0 Å². The maximum absolute atomic E-state index is 6.23. The summed E-state index contributed by atoms with van der Waals surface area (Å²) in [7, 11) is 1.95. The molecule has 0 unspecified atom stereocenters. The first-order valence-electron chi connectivity index (χ1n) is 11.1. The molecule has 0 amide bonds. The van der Waals surface area contributed by atoms with Gasteiger partial charge in [-0.1, -0.05) is 76.6 Å². The van der Waals surface area contributed by atoms with Crippen molar-refractivity contribution in [3.63, 3.8) is 0 Å². The summed E-state index contributed by atoms with van der Waals surface area (Å²) in [6, 6.07) is 28.2. The van der Waals surface area contributed by atoms with E-state index in [1.54, 1.807) is 0 Å². The molecule has 0 fully saturated rings. The molecule has 5 nitrogen and oxygen atoms in total. The first-order chi connectivity index (χ1) is 16.6. The lowest BCUT2D eigenvalue weighted by molar-refractivity contribution is 0.268. The lowest BCUT2D eigenvalue weighted by atomic mass is 10.1. The van der Waals surface area contributed by atoms with Gasteiger partial charge in [0.2, 0.25) is 11.8 Å². The highest BCUT2D eigenvalue weighted by molar-refractivity contribution is 9.10. The Morgan fingerprint density at radius 3 is 2.15 bits per heavy atom. The van der Waals surface area contributed by atoms with Crippen LogP contribution in [0.25, 0.3) is 22.2 Å². The topological polar surface area (TPSA) is 49.2 Å². The third-order valence-corrected chi connectivity index (χ3v) is 6.52. The van der Waals surface area contributed by atoms with Crippen LogP contribution in [0.3, 0.4) is 0 Å². The molecular weight excluding hydrogens is 490 g/mol. The van der Waals surface area contributed by atoms with E-state index in [4.69, 9.17) is 19.6 Å². The van der Waals surface area contributed by atoms with E-state index in [0.717, 1.165) is 43.3 Å². The lowest BCUT2D eigenvalue weighted by Gasteiger charge is -2.12. The minimum atomic E-state index is 0.401. The Labute approximate surface area is 207 Å². The van der Waals surface area contributed by atoms with Crippen LogP contribution < -0.4 is 9.47 Å². The van der Waals surface area contributed by atoms with Crippen molar-refractivity contribution in [2.24, 2.45) is 7.05 Å². The summed E-state index contributed by atoms with van der Waals surface area (Å²) >= 11 is 3.63. The summed E-state index contributed by atoms with van der Waals surface area (Å²) in [5.74, 6) is 1.00. The van der Waals surface area contributed by atoms with Gasteiger partial charge >= 0.3 is 0 Å². The normalized spacial score (nSPS) is 11.0. The minimum Gasteiger partial charge on any atom is -0.473 e. The smallest absolute Gasteiger partial charge is 0.226 e. The molecule has 0 aliphatic heterocycles. The van der Waals surface area contributed by atoms with E-state index in [1.165, 1.54) is 0 Å². The van der Waals surface area contributed by atoms with Gasteiger partial charge in [-0.25, -0.2) is 0 Å². The first-order valence-corrected chi connectivity index (χ1v) is 11.9. The van der Waals surface area contributed by atoms with Gasteiger partial charge in [0.1, 0.15) is 18.9 Å². The summed E-state index contributed by atoms with van der Waals surface area (Å²) in [6.45, 7) is 2.91. The second kappa shape index (κ2) is 9.69. The van der Waals surface area contributed by atoms with Crippen molar-refractivity contribution >= 4 is 26.8 Å². The number of aryl methyl sites for hydroxylation is 2. The summed E-state index contributed by atoms with van der Waals surface area (Å²) in [5, 5.41) is 5.86. The zero-order valence-electron chi connectivity index (χ0n) is 19.0. The van der Waals surface area contributed by atoms with Crippen molar-refractivity contribution in [2.45, 2.75) is 20.1 Å². The molecule has 2 aromatic heterocycles. The molecule has 0 aliphatic rings. The second-order valence-corrected chi connectivity index (χ2v) is 9.00. The molecule has 0 aliphatic carbocycles. The quantitative estimate of drug-likeness (QED) is 0.238. The van der Waals surface area contributed by atoms with Crippen LogP contribution in [0, 0.1) is 6.92 Å². The zero-order valence-corrected chi connectivity index (χ0v) is 20.6. The van der Waals surface area contributed by atoms with Gasteiger partial charge in [0, 0.05) is 23.0 Å². The van der Waals surface area contributed by atoms with Gasteiger partial charge in [0.15, 0.2) is 0 Å². The molecule has 0 saturated carbocycles. The van der Waals surface area contributed by atoms with Crippen molar-refractivity contribution in [1.29, 1.82) is 0 Å². The van der Waals surface area contributed by atoms with Crippen LogP contribution in [0.4, 0.5) is 0 Å². The molecular formula is C28H24BrN3O2. The number of benzene rings is 3. The highest BCUT2D eigenvalue weighted by atomic mass is 79.9. The first kappa shape index (κ1) is 22.2. The number of hydrogen-bond donors (Lipinski definition) is 0. The molecule has 5 rings (SSSR count). The maximum atomic E-state index is 6.23. The summed E-state index contributed by atoms with van der Waals surface area (Å²) < 4.78 is 15.2. The zero-order chi connectivity index (χ0) is 23.5. The van der Waals surface area contributed by atoms with E-state index >= 15 is 0 Å². The van der Waals surface area contributed by atoms with Crippen LogP contribution in [0.1, 0.15) is 16.7 Å². The van der Waals surface area contributed by atoms with Crippen LogP contribution >= 0.6 is 15.9 Å². The summed E-state index contributed by atoms with van der Waals surface area (Å²) in [6.07, 6.45) is 0. The fraction of sp³-hybridized carbons (Fsp3) is 0.143. The lowest BCUT2D eigenvalue weighted by Crippen LogP contribution is -2.02. The minimum absolute atomic E-state index is 0.401. The van der Waals surface area contributed by atoms with Crippen molar-refractivity contribution in [3.8, 4) is 23.0 Å². The molecule has 0 bridgehead atoms.